The lowest BCUT2D eigenvalue weighted by Gasteiger charge is -2.08. The maximum atomic E-state index is 12.9. The molecule has 0 radical (unpaired) electrons. The predicted octanol–water partition coefficient (Wildman–Crippen LogP) is 3.91. The van der Waals surface area contributed by atoms with Gasteiger partial charge in [0, 0.05) is 18.7 Å². The highest BCUT2D eigenvalue weighted by Gasteiger charge is 2.28. The van der Waals surface area contributed by atoms with Gasteiger partial charge in [-0.2, -0.15) is 19.0 Å². The topological polar surface area (TPSA) is 81.4 Å². The number of hydrogen-bond acceptors (Lipinski definition) is 5. The summed E-state index contributed by atoms with van der Waals surface area (Å²) in [5.41, 5.74) is 6.58. The van der Waals surface area contributed by atoms with Gasteiger partial charge in [-0.3, -0.25) is 9.48 Å². The predicted molar refractivity (Wildman–Crippen MR) is 108 cm³/mol. The van der Waals surface area contributed by atoms with Crippen molar-refractivity contribution in [2.24, 2.45) is 12.1 Å². The number of nitrogens with one attached hydrogen (secondary N) is 1. The number of benzene rings is 1. The number of nitrogens with zero attached hydrogens (tertiary/aromatic N) is 4. The molecule has 1 N–H and O–H groups in total. The first-order valence-electron chi connectivity index (χ1n) is 9.57. The number of fused-ring (bicyclic) bond motifs is 1. The zero-order valence-electron chi connectivity index (χ0n) is 16.8. The molecule has 0 unspecified atom stereocenters. The molecule has 0 bridgehead atoms. The van der Waals surface area contributed by atoms with Crippen molar-refractivity contribution in [3.63, 3.8) is 0 Å². The van der Waals surface area contributed by atoms with Crippen molar-refractivity contribution < 1.29 is 18.3 Å². The molecule has 30 heavy (non-hydrogen) atoms. The largest absolute Gasteiger partial charge is 0.435 e. The number of aromatic nitrogens is 3. The fraction of sp³-hybridized carbons (Fsp3) is 0.333. The summed E-state index contributed by atoms with van der Waals surface area (Å²) in [5, 5.41) is 9.28. The van der Waals surface area contributed by atoms with E-state index in [0.29, 0.717) is 33.8 Å². The molecule has 1 aliphatic rings. The maximum absolute atomic E-state index is 12.9. The molecule has 2 heterocycles. The third-order valence-electron chi connectivity index (χ3n) is 5.05. The van der Waals surface area contributed by atoms with E-state index in [1.54, 1.807) is 23.7 Å². The third kappa shape index (κ3) is 4.00. The van der Waals surface area contributed by atoms with E-state index in [1.807, 2.05) is 20.0 Å². The van der Waals surface area contributed by atoms with Gasteiger partial charge in [-0.1, -0.05) is 0 Å². The minimum absolute atomic E-state index is 0.0596. The molecular weight excluding hydrogens is 392 g/mol. The summed E-state index contributed by atoms with van der Waals surface area (Å²) in [6.45, 7) is 0.685. The number of hydrazone groups is 1. The number of amides is 1. The Bertz CT molecular complexity index is 1130. The molecule has 9 heteroatoms. The van der Waals surface area contributed by atoms with Crippen molar-refractivity contribution in [1.29, 1.82) is 0 Å². The van der Waals surface area contributed by atoms with Crippen molar-refractivity contribution >= 4 is 22.7 Å². The standard InChI is InChI=1S/C21H21F2N5O2/c1-11(13-6-8-15(9-7-13)30-21(22)23)25-26-20(29)16-10-17(14-4-5-14)24-19-18(16)12(2)27-28(19)3/h6-10,14,21H,4-5H2,1-3H3,(H,26,29). The Kier molecular flexibility index (Phi) is 5.19. The molecule has 7 nitrogen and oxygen atoms in total. The Labute approximate surface area is 171 Å². The monoisotopic (exact) mass is 413 g/mol. The molecule has 1 aromatic carbocycles. The number of rotatable bonds is 6. The highest BCUT2D eigenvalue weighted by Crippen LogP contribution is 2.40. The van der Waals surface area contributed by atoms with Gasteiger partial charge in [-0.25, -0.2) is 10.4 Å². The summed E-state index contributed by atoms with van der Waals surface area (Å²) in [4.78, 5) is 17.6. The van der Waals surface area contributed by atoms with E-state index in [4.69, 9.17) is 4.98 Å². The second-order valence-electron chi connectivity index (χ2n) is 7.32. The lowest BCUT2D eigenvalue weighted by molar-refractivity contribution is -0.0498. The molecule has 0 spiro atoms. The van der Waals surface area contributed by atoms with Crippen LogP contribution in [0.25, 0.3) is 11.0 Å². The molecule has 0 atom stereocenters. The van der Waals surface area contributed by atoms with Gasteiger partial charge in [-0.15, -0.1) is 0 Å². The van der Waals surface area contributed by atoms with Gasteiger partial charge in [0.25, 0.3) is 5.91 Å². The van der Waals surface area contributed by atoms with Gasteiger partial charge < -0.3 is 4.74 Å². The fourth-order valence-electron chi connectivity index (χ4n) is 3.37. The van der Waals surface area contributed by atoms with E-state index < -0.39 is 6.61 Å². The van der Waals surface area contributed by atoms with Crippen molar-refractivity contribution in [3.8, 4) is 5.75 Å². The summed E-state index contributed by atoms with van der Waals surface area (Å²) in [6, 6.07) is 7.88. The van der Waals surface area contributed by atoms with Crippen molar-refractivity contribution in [2.45, 2.75) is 39.2 Å². The Morgan fingerprint density at radius 1 is 1.30 bits per heavy atom. The number of ether oxygens (including phenoxy) is 1. The number of halogens is 2. The molecule has 1 saturated carbocycles. The smallest absolute Gasteiger partial charge is 0.387 e. The van der Waals surface area contributed by atoms with E-state index in [1.165, 1.54) is 12.1 Å². The summed E-state index contributed by atoms with van der Waals surface area (Å²) in [6.07, 6.45) is 2.14. The first kappa shape index (κ1) is 19.9. The molecule has 3 aromatic rings. The van der Waals surface area contributed by atoms with E-state index in [-0.39, 0.29) is 11.7 Å². The van der Waals surface area contributed by atoms with Crippen LogP contribution in [0.15, 0.2) is 35.4 Å². The number of alkyl halides is 2. The SMILES string of the molecule is CC(=NNC(=O)c1cc(C2CC2)nc2c1c(C)nn2C)c1ccc(OC(F)F)cc1. The third-order valence-corrected chi connectivity index (χ3v) is 5.05. The van der Waals surface area contributed by atoms with Gasteiger partial charge >= 0.3 is 6.61 Å². The molecule has 2 aromatic heterocycles. The Balaban J connectivity index is 1.58. The fourth-order valence-corrected chi connectivity index (χ4v) is 3.37. The van der Waals surface area contributed by atoms with E-state index in [2.05, 4.69) is 20.4 Å². The van der Waals surface area contributed by atoms with Crippen LogP contribution in [-0.4, -0.2) is 33.0 Å². The van der Waals surface area contributed by atoms with Gasteiger partial charge in [0.1, 0.15) is 5.75 Å². The van der Waals surface area contributed by atoms with Crippen LogP contribution in [0.5, 0.6) is 5.75 Å². The maximum Gasteiger partial charge on any atom is 0.387 e. The van der Waals surface area contributed by atoms with Crippen LogP contribution >= 0.6 is 0 Å². The van der Waals surface area contributed by atoms with Crippen molar-refractivity contribution in [1.82, 2.24) is 20.2 Å². The lowest BCUT2D eigenvalue weighted by Crippen LogP contribution is -2.20. The Hall–Kier alpha value is -3.36. The quantitative estimate of drug-likeness (QED) is 0.491. The summed E-state index contributed by atoms with van der Waals surface area (Å²) in [7, 11) is 1.81. The van der Waals surface area contributed by atoms with E-state index >= 15 is 0 Å². The van der Waals surface area contributed by atoms with Crippen LogP contribution in [0.3, 0.4) is 0 Å². The highest BCUT2D eigenvalue weighted by molar-refractivity contribution is 6.07. The van der Waals surface area contributed by atoms with Crippen molar-refractivity contribution in [3.05, 3.63) is 52.8 Å². The average molecular weight is 413 g/mol. The Morgan fingerprint density at radius 2 is 2.00 bits per heavy atom. The first-order valence-corrected chi connectivity index (χ1v) is 9.57. The Morgan fingerprint density at radius 3 is 2.63 bits per heavy atom. The molecule has 0 aliphatic heterocycles. The lowest BCUT2D eigenvalue weighted by atomic mass is 10.1. The molecule has 1 amide bonds. The summed E-state index contributed by atoms with van der Waals surface area (Å²) in [5.74, 6) is 0.0946. The molecule has 1 aliphatic carbocycles. The molecule has 1 fully saturated rings. The molecule has 0 saturated heterocycles. The van der Waals surface area contributed by atoms with Crippen LogP contribution < -0.4 is 10.2 Å². The number of carbonyl (C=O) groups is 1. The zero-order valence-corrected chi connectivity index (χ0v) is 16.8. The van der Waals surface area contributed by atoms with Crippen LogP contribution in [0.1, 0.15) is 53.0 Å². The van der Waals surface area contributed by atoms with Gasteiger partial charge in [-0.05, 0) is 62.6 Å². The first-order chi connectivity index (χ1) is 14.3. The molecule has 156 valence electrons. The van der Waals surface area contributed by atoms with Crippen LogP contribution in [0, 0.1) is 6.92 Å². The molecular formula is C21H21F2N5O2. The number of carbonyl (C=O) groups excluding carboxylic acids is 1. The van der Waals surface area contributed by atoms with Crippen LogP contribution in [0.4, 0.5) is 8.78 Å². The zero-order chi connectivity index (χ0) is 21.4. The number of hydrogen-bond donors (Lipinski definition) is 1. The summed E-state index contributed by atoms with van der Waals surface area (Å²) < 4.78 is 30.6. The number of pyridine rings is 1. The second kappa shape index (κ2) is 7.81. The van der Waals surface area contributed by atoms with E-state index in [9.17, 15) is 13.6 Å². The average Bonchev–Trinajstić information content (AvgIpc) is 3.52. The summed E-state index contributed by atoms with van der Waals surface area (Å²) >= 11 is 0. The van der Waals surface area contributed by atoms with E-state index in [0.717, 1.165) is 24.2 Å². The minimum Gasteiger partial charge on any atom is -0.435 e. The highest BCUT2D eigenvalue weighted by atomic mass is 19.3. The molecule has 4 rings (SSSR count). The van der Waals surface area contributed by atoms with Crippen LogP contribution in [-0.2, 0) is 7.05 Å². The minimum atomic E-state index is -2.88. The van der Waals surface area contributed by atoms with Gasteiger partial charge in [0.05, 0.1) is 22.4 Å². The van der Waals surface area contributed by atoms with Crippen LogP contribution in [0.2, 0.25) is 0 Å². The normalized spacial score (nSPS) is 14.4. The van der Waals surface area contributed by atoms with Gasteiger partial charge in [0.2, 0.25) is 0 Å². The number of aryl methyl sites for hydroxylation is 2. The second-order valence-corrected chi connectivity index (χ2v) is 7.32. The van der Waals surface area contributed by atoms with Crippen molar-refractivity contribution in [2.75, 3.05) is 0 Å². The van der Waals surface area contributed by atoms with Gasteiger partial charge in [0.15, 0.2) is 5.65 Å².